The molecule has 1 N–H and O–H groups in total. The summed E-state index contributed by atoms with van der Waals surface area (Å²) in [6, 6.07) is 15.1. The molecule has 0 spiro atoms. The first-order chi connectivity index (χ1) is 14.9. The summed E-state index contributed by atoms with van der Waals surface area (Å²) in [6.07, 6.45) is 4.14. The van der Waals surface area contributed by atoms with Gasteiger partial charge in [0.1, 0.15) is 0 Å². The summed E-state index contributed by atoms with van der Waals surface area (Å²) >= 11 is 0. The van der Waals surface area contributed by atoms with Crippen LogP contribution in [0, 0.1) is 45.8 Å². The molecule has 5 heteroatoms. The molecule has 0 amide bonds. The molecular formula is C26H27N3O2. The Hall–Kier alpha value is -3.33. The molecule has 158 valence electrons. The average molecular weight is 414 g/mol. The van der Waals surface area contributed by atoms with Gasteiger partial charge in [-0.2, -0.15) is 10.5 Å². The second-order valence-electron chi connectivity index (χ2n) is 8.28. The average Bonchev–Trinajstić information content (AvgIpc) is 3.15. The monoisotopic (exact) mass is 413 g/mol. The molecule has 2 aliphatic heterocycles. The van der Waals surface area contributed by atoms with Gasteiger partial charge in [0, 0.05) is 31.3 Å². The summed E-state index contributed by atoms with van der Waals surface area (Å²) in [7, 11) is 0. The van der Waals surface area contributed by atoms with Crippen LogP contribution in [0.4, 0.5) is 0 Å². The highest BCUT2D eigenvalue weighted by molar-refractivity contribution is 5.74. The van der Waals surface area contributed by atoms with E-state index in [4.69, 9.17) is 4.74 Å². The number of rotatable bonds is 5. The fourth-order valence-electron chi connectivity index (χ4n) is 4.61. The van der Waals surface area contributed by atoms with Crippen molar-refractivity contribution in [3.8, 4) is 24.0 Å². The quantitative estimate of drug-likeness (QED) is 0.445. The molecule has 1 aromatic rings. The summed E-state index contributed by atoms with van der Waals surface area (Å²) in [6.45, 7) is 5.45. The minimum Gasteiger partial charge on any atom is -0.453 e. The Morgan fingerprint density at radius 2 is 1.84 bits per heavy atom. The van der Waals surface area contributed by atoms with Crippen molar-refractivity contribution >= 4 is 11.5 Å². The van der Waals surface area contributed by atoms with Crippen LogP contribution in [0.3, 0.4) is 0 Å². The molecule has 5 nitrogen and oxygen atoms in total. The molecule has 2 heterocycles. The molecule has 0 aliphatic carbocycles. The Kier molecular flexibility index (Phi) is 6.96. The number of carbonyl (C=O) groups is 1. The minimum atomic E-state index is -1.35. The Morgan fingerprint density at radius 3 is 2.45 bits per heavy atom. The van der Waals surface area contributed by atoms with Crippen LogP contribution in [-0.4, -0.2) is 24.7 Å². The summed E-state index contributed by atoms with van der Waals surface area (Å²) in [4.78, 5) is 10.9. The Balaban J connectivity index is 2.05. The lowest BCUT2D eigenvalue weighted by Gasteiger charge is -2.38. The molecule has 2 aliphatic rings. The highest BCUT2D eigenvalue weighted by Gasteiger charge is 2.47. The standard InChI is InChI=1S/C26H27N3O2/c1-18(2)24(20-9-5-4-6-10-20)25-22(15-21-11-12-23(25)29-21)26(16-27,17-28)13-7-8-14-31-19(3)30/h4-6,9-10,15,21,23,25,29H,11-14H2,1-3H3/t21-,23+,25-/m1/s1. The van der Waals surface area contributed by atoms with Gasteiger partial charge >= 0.3 is 5.97 Å². The fraction of sp³-hybridized carbons (Fsp3) is 0.423. The van der Waals surface area contributed by atoms with Crippen LogP contribution in [0.5, 0.6) is 0 Å². The molecule has 1 saturated heterocycles. The van der Waals surface area contributed by atoms with E-state index >= 15 is 0 Å². The van der Waals surface area contributed by atoms with Crippen LogP contribution >= 0.6 is 0 Å². The number of carbonyl (C=O) groups excluding carboxylic acids is 1. The van der Waals surface area contributed by atoms with Gasteiger partial charge in [-0.3, -0.25) is 4.79 Å². The van der Waals surface area contributed by atoms with E-state index < -0.39 is 11.4 Å². The lowest BCUT2D eigenvalue weighted by atomic mass is 9.67. The van der Waals surface area contributed by atoms with Crippen molar-refractivity contribution in [3.05, 3.63) is 53.1 Å². The number of benzene rings is 1. The lowest BCUT2D eigenvalue weighted by Crippen LogP contribution is -2.44. The number of allylic oxidation sites excluding steroid dienone is 1. The number of hydrogen-bond donors (Lipinski definition) is 1. The Morgan fingerprint density at radius 1 is 1.13 bits per heavy atom. The van der Waals surface area contributed by atoms with E-state index in [1.807, 2.05) is 18.2 Å². The third-order valence-corrected chi connectivity index (χ3v) is 5.97. The maximum Gasteiger partial charge on any atom is 0.303 e. The van der Waals surface area contributed by atoms with Crippen molar-refractivity contribution in [1.82, 2.24) is 5.32 Å². The van der Waals surface area contributed by atoms with Gasteiger partial charge in [0.05, 0.1) is 12.1 Å². The zero-order chi connectivity index (χ0) is 22.4. The third-order valence-electron chi connectivity index (χ3n) is 5.97. The number of nitrogens with zero attached hydrogens (tertiary/aromatic N) is 2. The first kappa shape index (κ1) is 22.4. The summed E-state index contributed by atoms with van der Waals surface area (Å²) in [5.74, 6) is 5.19. The smallest absolute Gasteiger partial charge is 0.303 e. The first-order valence-electron chi connectivity index (χ1n) is 10.5. The van der Waals surface area contributed by atoms with Crippen molar-refractivity contribution in [2.75, 3.05) is 6.61 Å². The molecule has 31 heavy (non-hydrogen) atoms. The number of fused-ring (bicyclic) bond motifs is 2. The zero-order valence-corrected chi connectivity index (χ0v) is 18.2. The van der Waals surface area contributed by atoms with Crippen molar-refractivity contribution < 1.29 is 9.53 Å². The SMILES string of the molecule is CC(=O)OCC#CCC(C#N)(C#N)C1=C[C@H]2CC[C@H](N2)[C@@H]1C(=C(C)C)c1ccccc1. The summed E-state index contributed by atoms with van der Waals surface area (Å²) in [5, 5.41) is 24.0. The molecule has 0 saturated carbocycles. The number of ether oxygens (including phenoxy) is 1. The van der Waals surface area contributed by atoms with Gasteiger partial charge in [-0.25, -0.2) is 0 Å². The number of nitriles is 2. The molecule has 0 aromatic heterocycles. The highest BCUT2D eigenvalue weighted by Crippen LogP contribution is 2.48. The van der Waals surface area contributed by atoms with Crippen LogP contribution in [0.25, 0.3) is 5.57 Å². The van der Waals surface area contributed by atoms with E-state index in [-0.39, 0.29) is 31.0 Å². The topological polar surface area (TPSA) is 85.9 Å². The molecule has 0 radical (unpaired) electrons. The maximum atomic E-state index is 10.9. The van der Waals surface area contributed by atoms with Crippen LogP contribution in [0.15, 0.2) is 47.6 Å². The van der Waals surface area contributed by atoms with E-state index in [0.717, 1.165) is 29.6 Å². The van der Waals surface area contributed by atoms with Gasteiger partial charge in [0.25, 0.3) is 0 Å². The second kappa shape index (κ2) is 9.65. The molecule has 2 bridgehead atoms. The lowest BCUT2D eigenvalue weighted by molar-refractivity contribution is -0.139. The number of nitrogens with one attached hydrogen (secondary N) is 1. The normalized spacial score (nSPS) is 21.6. The van der Waals surface area contributed by atoms with Gasteiger partial charge in [-0.15, -0.1) is 0 Å². The third kappa shape index (κ3) is 4.72. The van der Waals surface area contributed by atoms with E-state index in [0.29, 0.717) is 0 Å². The van der Waals surface area contributed by atoms with Crippen LogP contribution in [-0.2, 0) is 9.53 Å². The largest absolute Gasteiger partial charge is 0.453 e. The molecule has 0 unspecified atom stereocenters. The van der Waals surface area contributed by atoms with Gasteiger partial charge < -0.3 is 10.1 Å². The predicted molar refractivity (Wildman–Crippen MR) is 119 cm³/mol. The van der Waals surface area contributed by atoms with Crippen molar-refractivity contribution in [3.63, 3.8) is 0 Å². The zero-order valence-electron chi connectivity index (χ0n) is 18.2. The van der Waals surface area contributed by atoms with E-state index in [1.54, 1.807) is 0 Å². The van der Waals surface area contributed by atoms with E-state index in [2.05, 4.69) is 61.4 Å². The van der Waals surface area contributed by atoms with Crippen LogP contribution in [0.2, 0.25) is 0 Å². The van der Waals surface area contributed by atoms with Gasteiger partial charge in [-0.05, 0) is 43.4 Å². The molecule has 1 aromatic carbocycles. The van der Waals surface area contributed by atoms with Crippen molar-refractivity contribution in [2.45, 2.75) is 52.1 Å². The van der Waals surface area contributed by atoms with Crippen LogP contribution < -0.4 is 5.32 Å². The van der Waals surface area contributed by atoms with Crippen molar-refractivity contribution in [1.29, 1.82) is 10.5 Å². The first-order valence-corrected chi connectivity index (χ1v) is 10.5. The van der Waals surface area contributed by atoms with Crippen molar-refractivity contribution in [2.24, 2.45) is 11.3 Å². The molecule has 3 rings (SSSR count). The molecule has 1 fully saturated rings. The maximum absolute atomic E-state index is 10.9. The number of hydrogen-bond acceptors (Lipinski definition) is 5. The second-order valence-corrected chi connectivity index (χ2v) is 8.28. The van der Waals surface area contributed by atoms with E-state index in [9.17, 15) is 15.3 Å². The molecule has 3 atom stereocenters. The van der Waals surface area contributed by atoms with Gasteiger partial charge in [-0.1, -0.05) is 53.8 Å². The number of esters is 1. The van der Waals surface area contributed by atoms with Crippen LogP contribution in [0.1, 0.15) is 45.6 Å². The highest BCUT2D eigenvalue weighted by atomic mass is 16.5. The predicted octanol–water partition coefficient (Wildman–Crippen LogP) is 4.15. The minimum absolute atomic E-state index is 0.0409. The Labute approximate surface area is 184 Å². The summed E-state index contributed by atoms with van der Waals surface area (Å²) in [5.41, 5.74) is 2.92. The molecular weight excluding hydrogens is 386 g/mol. The Bertz CT molecular complexity index is 1030. The van der Waals surface area contributed by atoms with E-state index in [1.165, 1.54) is 12.5 Å². The van der Waals surface area contributed by atoms with Gasteiger partial charge in [0.15, 0.2) is 12.0 Å². The summed E-state index contributed by atoms with van der Waals surface area (Å²) < 4.78 is 4.85. The fourth-order valence-corrected chi connectivity index (χ4v) is 4.61. The van der Waals surface area contributed by atoms with Gasteiger partial charge in [0.2, 0.25) is 0 Å².